The first kappa shape index (κ1) is 11.3. The molecule has 2 rings (SSSR count). The summed E-state index contributed by atoms with van der Waals surface area (Å²) in [7, 11) is 1.86. The number of hydrogen-bond donors (Lipinski definition) is 2. The van der Waals surface area contributed by atoms with Crippen LogP contribution in [-0.4, -0.2) is 10.5 Å². The number of anilines is 2. The van der Waals surface area contributed by atoms with Crippen LogP contribution >= 0.6 is 0 Å². The number of carbonyl (C=O) groups excluding carboxylic acids is 1. The second-order valence-electron chi connectivity index (χ2n) is 3.96. The summed E-state index contributed by atoms with van der Waals surface area (Å²) in [5, 5.41) is 2.80. The molecule has 1 aromatic heterocycles. The lowest BCUT2D eigenvalue weighted by atomic mass is 10.2. The van der Waals surface area contributed by atoms with Gasteiger partial charge in [0.1, 0.15) is 5.69 Å². The number of rotatable bonds is 2. The van der Waals surface area contributed by atoms with Crippen molar-refractivity contribution in [1.82, 2.24) is 4.57 Å². The molecule has 0 aliphatic heterocycles. The van der Waals surface area contributed by atoms with Gasteiger partial charge in [-0.2, -0.15) is 0 Å². The van der Waals surface area contributed by atoms with Crippen molar-refractivity contribution in [2.24, 2.45) is 7.05 Å². The molecule has 17 heavy (non-hydrogen) atoms. The summed E-state index contributed by atoms with van der Waals surface area (Å²) in [6, 6.07) is 10.9. The molecule has 0 fully saturated rings. The van der Waals surface area contributed by atoms with Crippen LogP contribution < -0.4 is 11.1 Å². The Kier molecular flexibility index (Phi) is 2.87. The van der Waals surface area contributed by atoms with E-state index < -0.39 is 0 Å². The van der Waals surface area contributed by atoms with Gasteiger partial charge in [-0.25, -0.2) is 0 Å². The molecule has 4 heteroatoms. The molecular formula is C13H15N3O. The fourth-order valence-corrected chi connectivity index (χ4v) is 1.64. The number of hydrogen-bond acceptors (Lipinski definition) is 2. The van der Waals surface area contributed by atoms with Gasteiger partial charge < -0.3 is 15.6 Å². The fraction of sp³-hybridized carbons (Fsp3) is 0.154. The van der Waals surface area contributed by atoms with Crippen LogP contribution in [0.1, 0.15) is 16.2 Å². The molecule has 0 atom stereocenters. The molecular weight excluding hydrogens is 214 g/mol. The van der Waals surface area contributed by atoms with Gasteiger partial charge in [-0.05, 0) is 31.2 Å². The van der Waals surface area contributed by atoms with E-state index in [9.17, 15) is 4.79 Å². The van der Waals surface area contributed by atoms with Crippen LogP contribution in [0.4, 0.5) is 11.4 Å². The monoisotopic (exact) mass is 229 g/mol. The van der Waals surface area contributed by atoms with Crippen molar-refractivity contribution in [3.8, 4) is 0 Å². The fourth-order valence-electron chi connectivity index (χ4n) is 1.64. The number of nitrogen functional groups attached to an aromatic ring is 1. The Bertz CT molecular complexity index is 558. The van der Waals surface area contributed by atoms with E-state index in [2.05, 4.69) is 5.32 Å². The van der Waals surface area contributed by atoms with Crippen molar-refractivity contribution >= 4 is 17.3 Å². The molecule has 0 unspecified atom stereocenters. The molecule has 0 aliphatic rings. The summed E-state index contributed by atoms with van der Waals surface area (Å²) in [5.74, 6) is -0.154. The van der Waals surface area contributed by atoms with Crippen molar-refractivity contribution < 1.29 is 4.79 Å². The molecule has 1 amide bonds. The maximum Gasteiger partial charge on any atom is 0.272 e. The van der Waals surface area contributed by atoms with E-state index in [1.807, 2.05) is 36.7 Å². The molecule has 3 N–H and O–H groups in total. The van der Waals surface area contributed by atoms with Gasteiger partial charge in [-0.15, -0.1) is 0 Å². The van der Waals surface area contributed by atoms with Gasteiger partial charge in [0.15, 0.2) is 0 Å². The van der Waals surface area contributed by atoms with Crippen molar-refractivity contribution in [1.29, 1.82) is 0 Å². The number of aromatic nitrogens is 1. The van der Waals surface area contributed by atoms with E-state index in [1.54, 1.807) is 18.2 Å². The van der Waals surface area contributed by atoms with Crippen LogP contribution in [-0.2, 0) is 7.05 Å². The number of carbonyl (C=O) groups is 1. The molecule has 0 saturated carbocycles. The predicted octanol–water partition coefficient (Wildman–Crippen LogP) is 2.17. The normalized spacial score (nSPS) is 10.2. The molecule has 88 valence electrons. The zero-order valence-corrected chi connectivity index (χ0v) is 9.90. The minimum atomic E-state index is -0.154. The summed E-state index contributed by atoms with van der Waals surface area (Å²) >= 11 is 0. The molecule has 2 aromatic rings. The number of para-hydroxylation sites is 2. The summed E-state index contributed by atoms with van der Waals surface area (Å²) in [6.07, 6.45) is 0. The Morgan fingerprint density at radius 2 is 1.94 bits per heavy atom. The third kappa shape index (κ3) is 2.15. The largest absolute Gasteiger partial charge is 0.397 e. The molecule has 0 aliphatic carbocycles. The summed E-state index contributed by atoms with van der Waals surface area (Å²) < 4.78 is 1.84. The topological polar surface area (TPSA) is 60.1 Å². The van der Waals surface area contributed by atoms with E-state index in [1.165, 1.54) is 0 Å². The first-order chi connectivity index (χ1) is 8.09. The number of benzene rings is 1. The number of amides is 1. The first-order valence-corrected chi connectivity index (χ1v) is 5.38. The van der Waals surface area contributed by atoms with Crippen molar-refractivity contribution in [3.05, 3.63) is 47.8 Å². The van der Waals surface area contributed by atoms with E-state index in [4.69, 9.17) is 5.73 Å². The maximum atomic E-state index is 12.0. The van der Waals surface area contributed by atoms with E-state index in [0.717, 1.165) is 5.69 Å². The van der Waals surface area contributed by atoms with Gasteiger partial charge in [0.2, 0.25) is 0 Å². The SMILES string of the molecule is Cc1ccc(C(=O)Nc2ccccc2N)n1C. The second-order valence-corrected chi connectivity index (χ2v) is 3.96. The van der Waals surface area contributed by atoms with Crippen LogP contribution in [0, 0.1) is 6.92 Å². The van der Waals surface area contributed by atoms with E-state index in [-0.39, 0.29) is 5.91 Å². The quantitative estimate of drug-likeness (QED) is 0.775. The molecule has 0 saturated heterocycles. The zero-order chi connectivity index (χ0) is 12.4. The zero-order valence-electron chi connectivity index (χ0n) is 9.90. The first-order valence-electron chi connectivity index (χ1n) is 5.38. The van der Waals surface area contributed by atoms with Crippen molar-refractivity contribution in [2.45, 2.75) is 6.92 Å². The van der Waals surface area contributed by atoms with Gasteiger partial charge >= 0.3 is 0 Å². The Hall–Kier alpha value is -2.23. The minimum absolute atomic E-state index is 0.154. The van der Waals surface area contributed by atoms with Crippen molar-refractivity contribution in [3.63, 3.8) is 0 Å². The van der Waals surface area contributed by atoms with Gasteiger partial charge in [0.25, 0.3) is 5.91 Å². The predicted molar refractivity (Wildman–Crippen MR) is 69.0 cm³/mol. The van der Waals surface area contributed by atoms with Crippen molar-refractivity contribution in [2.75, 3.05) is 11.1 Å². The Morgan fingerprint density at radius 3 is 2.53 bits per heavy atom. The lowest BCUT2D eigenvalue weighted by Crippen LogP contribution is -2.16. The molecule has 0 radical (unpaired) electrons. The summed E-state index contributed by atoms with van der Waals surface area (Å²) in [5.41, 5.74) is 8.62. The molecule has 0 bridgehead atoms. The van der Waals surface area contributed by atoms with Crippen LogP contribution in [0.25, 0.3) is 0 Å². The molecule has 0 spiro atoms. The Balaban J connectivity index is 2.23. The van der Waals surface area contributed by atoms with Gasteiger partial charge in [-0.1, -0.05) is 12.1 Å². The summed E-state index contributed by atoms with van der Waals surface area (Å²) in [4.78, 5) is 12.0. The average molecular weight is 229 g/mol. The number of nitrogens with one attached hydrogen (secondary N) is 1. The van der Waals surface area contributed by atoms with Gasteiger partial charge in [0, 0.05) is 12.7 Å². The lowest BCUT2D eigenvalue weighted by molar-refractivity contribution is 0.101. The Labute approximate surface area is 100 Å². The molecule has 1 heterocycles. The number of nitrogens with zero attached hydrogens (tertiary/aromatic N) is 1. The molecule has 4 nitrogen and oxygen atoms in total. The summed E-state index contributed by atoms with van der Waals surface area (Å²) in [6.45, 7) is 1.95. The van der Waals surface area contributed by atoms with Gasteiger partial charge in [0.05, 0.1) is 11.4 Å². The average Bonchev–Trinajstić information content (AvgIpc) is 2.63. The molecule has 1 aromatic carbocycles. The van der Waals surface area contributed by atoms with E-state index >= 15 is 0 Å². The van der Waals surface area contributed by atoms with Crippen LogP contribution in [0.3, 0.4) is 0 Å². The minimum Gasteiger partial charge on any atom is -0.397 e. The Morgan fingerprint density at radius 1 is 1.24 bits per heavy atom. The van der Waals surface area contributed by atoms with Gasteiger partial charge in [-0.3, -0.25) is 4.79 Å². The highest BCUT2D eigenvalue weighted by Gasteiger charge is 2.11. The highest BCUT2D eigenvalue weighted by atomic mass is 16.1. The van der Waals surface area contributed by atoms with E-state index in [0.29, 0.717) is 17.1 Å². The maximum absolute atomic E-state index is 12.0. The highest BCUT2D eigenvalue weighted by Crippen LogP contribution is 2.18. The third-order valence-corrected chi connectivity index (χ3v) is 2.81. The standard InChI is InChI=1S/C13H15N3O/c1-9-7-8-12(16(9)2)13(17)15-11-6-4-3-5-10(11)14/h3-8H,14H2,1-2H3,(H,15,17). The number of aryl methyl sites for hydroxylation is 1. The third-order valence-electron chi connectivity index (χ3n) is 2.81. The highest BCUT2D eigenvalue weighted by molar-refractivity contribution is 6.04. The lowest BCUT2D eigenvalue weighted by Gasteiger charge is -2.09. The van der Waals surface area contributed by atoms with Crippen LogP contribution in [0.2, 0.25) is 0 Å². The van der Waals surface area contributed by atoms with Crippen LogP contribution in [0.15, 0.2) is 36.4 Å². The smallest absolute Gasteiger partial charge is 0.272 e. The second kappa shape index (κ2) is 4.33. The number of nitrogens with two attached hydrogens (primary N) is 1. The van der Waals surface area contributed by atoms with Crippen LogP contribution in [0.5, 0.6) is 0 Å².